The van der Waals surface area contributed by atoms with E-state index in [0.29, 0.717) is 11.9 Å². The topological polar surface area (TPSA) is 71.2 Å². The number of pyridine rings is 1. The Morgan fingerprint density at radius 1 is 0.810 bits per heavy atom. The van der Waals surface area contributed by atoms with Crippen LogP contribution in [0.4, 0.5) is 11.5 Å². The Labute approximate surface area is 251 Å². The van der Waals surface area contributed by atoms with Crippen molar-refractivity contribution in [2.75, 3.05) is 23.3 Å². The van der Waals surface area contributed by atoms with E-state index in [-0.39, 0.29) is 16.7 Å². The van der Waals surface area contributed by atoms with Crippen LogP contribution in [0.25, 0.3) is 10.9 Å². The first-order valence-electron chi connectivity index (χ1n) is 17.6. The zero-order valence-electron chi connectivity index (χ0n) is 25.6. The number of anilines is 2. The number of fused-ring (bicyclic) bond motifs is 1. The van der Waals surface area contributed by atoms with Crippen LogP contribution in [0.2, 0.25) is 0 Å². The lowest BCUT2D eigenvalue weighted by molar-refractivity contribution is -0.178. The van der Waals surface area contributed by atoms with Crippen molar-refractivity contribution in [1.29, 1.82) is 0 Å². The average molecular weight is 567 g/mol. The highest BCUT2D eigenvalue weighted by Crippen LogP contribution is 2.71. The van der Waals surface area contributed by atoms with Crippen LogP contribution in [-0.2, 0) is 4.79 Å². The Morgan fingerprint density at radius 3 is 1.81 bits per heavy atom. The molecule has 0 unspecified atom stereocenters. The van der Waals surface area contributed by atoms with Gasteiger partial charge in [0, 0.05) is 30.4 Å². The number of carbonyl (C=O) groups excluding carboxylic acids is 1. The van der Waals surface area contributed by atoms with E-state index >= 15 is 4.79 Å². The third-order valence-electron chi connectivity index (χ3n) is 13.8. The van der Waals surface area contributed by atoms with Gasteiger partial charge in [-0.1, -0.05) is 6.07 Å². The third-order valence-corrected chi connectivity index (χ3v) is 13.8. The number of rotatable bonds is 5. The van der Waals surface area contributed by atoms with Gasteiger partial charge in [-0.2, -0.15) is 0 Å². The Balaban J connectivity index is 1.09. The van der Waals surface area contributed by atoms with Crippen LogP contribution in [0.1, 0.15) is 95.5 Å². The zero-order valence-corrected chi connectivity index (χ0v) is 25.6. The molecule has 8 aliphatic carbocycles. The van der Waals surface area contributed by atoms with Crippen LogP contribution in [0.5, 0.6) is 0 Å². The SMILES string of the molecule is Cc1ccc2nc(N3CCC(N)CC3)ccc2c1NC(=O)C(C12CC3CC(CC(C3)C1)C2)C12CC3CC(CC(C3)C1)C2. The predicted molar refractivity (Wildman–Crippen MR) is 169 cm³/mol. The highest BCUT2D eigenvalue weighted by molar-refractivity contribution is 6.04. The van der Waals surface area contributed by atoms with Crippen molar-refractivity contribution in [2.45, 2.75) is 103 Å². The molecule has 0 radical (unpaired) electrons. The summed E-state index contributed by atoms with van der Waals surface area (Å²) in [4.78, 5) is 22.6. The summed E-state index contributed by atoms with van der Waals surface area (Å²) in [5.41, 5.74) is 9.78. The predicted octanol–water partition coefficient (Wildman–Crippen LogP) is 7.46. The highest BCUT2D eigenvalue weighted by Gasteiger charge is 2.64. The number of aromatic nitrogens is 1. The summed E-state index contributed by atoms with van der Waals surface area (Å²) in [6.07, 6.45) is 18.6. The van der Waals surface area contributed by atoms with Crippen LogP contribution in [0, 0.1) is 59.2 Å². The molecule has 1 aliphatic heterocycles. The lowest BCUT2D eigenvalue weighted by atomic mass is 9.38. The van der Waals surface area contributed by atoms with Gasteiger partial charge in [0.05, 0.1) is 11.2 Å². The Morgan fingerprint density at radius 2 is 1.31 bits per heavy atom. The molecule has 42 heavy (non-hydrogen) atoms. The van der Waals surface area contributed by atoms with Gasteiger partial charge in [0.1, 0.15) is 5.82 Å². The molecule has 2 heterocycles. The molecule has 1 aromatic carbocycles. The van der Waals surface area contributed by atoms with Gasteiger partial charge >= 0.3 is 0 Å². The smallest absolute Gasteiger partial charge is 0.228 e. The molecule has 1 saturated heterocycles. The maximum absolute atomic E-state index is 15.1. The molecule has 11 rings (SSSR count). The molecule has 9 fully saturated rings. The molecule has 1 amide bonds. The molecule has 0 spiro atoms. The molecule has 224 valence electrons. The van der Waals surface area contributed by atoms with Gasteiger partial charge in [0.15, 0.2) is 0 Å². The van der Waals surface area contributed by atoms with Crippen molar-refractivity contribution in [3.05, 3.63) is 29.8 Å². The quantitative estimate of drug-likeness (QED) is 0.394. The van der Waals surface area contributed by atoms with E-state index in [4.69, 9.17) is 10.7 Å². The number of hydrogen-bond donors (Lipinski definition) is 2. The van der Waals surface area contributed by atoms with E-state index in [1.54, 1.807) is 0 Å². The fraction of sp³-hybridized carbons (Fsp3) is 0.730. The molecule has 2 aromatic rings. The number of nitrogens with zero attached hydrogens (tertiary/aromatic N) is 2. The fourth-order valence-corrected chi connectivity index (χ4v) is 13.2. The lowest BCUT2D eigenvalue weighted by Gasteiger charge is -2.66. The number of benzene rings is 1. The van der Waals surface area contributed by atoms with Crippen LogP contribution in [-0.4, -0.2) is 30.0 Å². The number of nitrogens with one attached hydrogen (secondary N) is 1. The first kappa shape index (κ1) is 26.3. The number of aryl methyl sites for hydroxylation is 1. The van der Waals surface area contributed by atoms with Crippen molar-refractivity contribution in [3.8, 4) is 0 Å². The molecule has 9 aliphatic rings. The molecular weight excluding hydrogens is 516 g/mol. The second-order valence-corrected chi connectivity index (χ2v) is 16.8. The molecule has 5 heteroatoms. The van der Waals surface area contributed by atoms with E-state index in [0.717, 1.165) is 89.4 Å². The molecule has 8 bridgehead atoms. The summed E-state index contributed by atoms with van der Waals surface area (Å²) in [7, 11) is 0. The van der Waals surface area contributed by atoms with Gasteiger partial charge in [0.2, 0.25) is 5.91 Å². The Hall–Kier alpha value is -2.14. The van der Waals surface area contributed by atoms with E-state index in [1.165, 1.54) is 77.0 Å². The number of carbonyl (C=O) groups is 1. The van der Waals surface area contributed by atoms with E-state index in [2.05, 4.69) is 41.4 Å². The van der Waals surface area contributed by atoms with Gasteiger partial charge in [-0.25, -0.2) is 4.98 Å². The van der Waals surface area contributed by atoms with E-state index in [1.807, 2.05) is 0 Å². The number of piperidine rings is 1. The van der Waals surface area contributed by atoms with Crippen LogP contribution in [0.3, 0.4) is 0 Å². The molecule has 0 atom stereocenters. The van der Waals surface area contributed by atoms with Crippen molar-refractivity contribution >= 4 is 28.3 Å². The third kappa shape index (κ3) is 4.11. The summed E-state index contributed by atoms with van der Waals surface area (Å²) in [5.74, 6) is 6.78. The largest absolute Gasteiger partial charge is 0.356 e. The summed E-state index contributed by atoms with van der Waals surface area (Å²) in [6, 6.07) is 9.02. The molecule has 1 aromatic heterocycles. The van der Waals surface area contributed by atoms with E-state index < -0.39 is 0 Å². The van der Waals surface area contributed by atoms with Crippen molar-refractivity contribution < 1.29 is 4.79 Å². The minimum Gasteiger partial charge on any atom is -0.356 e. The van der Waals surface area contributed by atoms with Gasteiger partial charge in [-0.3, -0.25) is 4.79 Å². The van der Waals surface area contributed by atoms with Crippen molar-refractivity contribution in [3.63, 3.8) is 0 Å². The molecule has 5 nitrogen and oxygen atoms in total. The summed E-state index contributed by atoms with van der Waals surface area (Å²) < 4.78 is 0. The maximum Gasteiger partial charge on any atom is 0.228 e. The van der Waals surface area contributed by atoms with Crippen molar-refractivity contribution in [1.82, 2.24) is 4.98 Å². The second kappa shape index (κ2) is 9.43. The van der Waals surface area contributed by atoms with E-state index in [9.17, 15) is 0 Å². The van der Waals surface area contributed by atoms with Crippen LogP contribution >= 0.6 is 0 Å². The minimum atomic E-state index is 0.172. The maximum atomic E-state index is 15.1. The Kier molecular flexibility index (Phi) is 5.90. The monoisotopic (exact) mass is 566 g/mol. The minimum absolute atomic E-state index is 0.172. The first-order valence-corrected chi connectivity index (χ1v) is 17.6. The van der Waals surface area contributed by atoms with Gasteiger partial charge in [0.25, 0.3) is 0 Å². The summed E-state index contributed by atoms with van der Waals surface area (Å²) in [5, 5.41) is 4.79. The average Bonchev–Trinajstić information content (AvgIpc) is 2.93. The normalized spacial score (nSPS) is 41.0. The van der Waals surface area contributed by atoms with Gasteiger partial charge in [-0.05, 0) is 167 Å². The fourth-order valence-electron chi connectivity index (χ4n) is 13.2. The second-order valence-electron chi connectivity index (χ2n) is 16.8. The highest BCUT2D eigenvalue weighted by atomic mass is 16.2. The van der Waals surface area contributed by atoms with Gasteiger partial charge < -0.3 is 16.0 Å². The summed E-state index contributed by atoms with van der Waals surface area (Å²) >= 11 is 0. The van der Waals surface area contributed by atoms with Crippen molar-refractivity contribution in [2.24, 2.45) is 58.0 Å². The van der Waals surface area contributed by atoms with Gasteiger partial charge in [-0.15, -0.1) is 0 Å². The number of amides is 1. The van der Waals surface area contributed by atoms with Crippen LogP contribution < -0.4 is 16.0 Å². The molecule has 8 saturated carbocycles. The standard InChI is InChI=1S/C37H50N4O/c1-22-2-4-31-30(3-5-32(39-31)41-8-6-29(38)7-9-41)33(22)40-35(42)34(36-16-23-10-24(17-36)12-25(11-23)18-36)37-19-26-13-27(20-37)15-28(14-26)21-37/h2-5,23-29,34H,6-21,38H2,1H3,(H,40,42). The lowest BCUT2D eigenvalue weighted by Crippen LogP contribution is -2.61. The number of nitrogens with two attached hydrogens (primary N) is 1. The van der Waals surface area contributed by atoms with Crippen LogP contribution in [0.15, 0.2) is 24.3 Å². The molecule has 3 N–H and O–H groups in total. The number of hydrogen-bond acceptors (Lipinski definition) is 4. The zero-order chi connectivity index (χ0) is 28.2. The molecular formula is C37H50N4O. The Bertz CT molecular complexity index is 1290. The summed E-state index contributed by atoms with van der Waals surface area (Å²) in [6.45, 7) is 4.10. The first-order chi connectivity index (χ1) is 20.3.